The summed E-state index contributed by atoms with van der Waals surface area (Å²) in [5.74, 6) is -1.40. The van der Waals surface area contributed by atoms with E-state index >= 15 is 0 Å². The number of aliphatic carboxylic acids is 1. The van der Waals surface area contributed by atoms with E-state index in [0.717, 1.165) is 9.13 Å². The fourth-order valence-corrected chi connectivity index (χ4v) is 1.89. The number of halogens is 1. The number of hydrogen-bond acceptors (Lipinski definition) is 2. The van der Waals surface area contributed by atoms with Crippen LogP contribution in [-0.2, 0) is 16.0 Å². The third-order valence-corrected chi connectivity index (χ3v) is 3.25. The van der Waals surface area contributed by atoms with Crippen LogP contribution in [-0.4, -0.2) is 23.0 Å². The van der Waals surface area contributed by atoms with Crippen LogP contribution in [0.1, 0.15) is 19.4 Å². The lowest BCUT2D eigenvalue weighted by Crippen LogP contribution is -2.44. The molecule has 0 aliphatic carbocycles. The number of benzene rings is 1. The molecule has 1 aromatic carbocycles. The van der Waals surface area contributed by atoms with Crippen molar-refractivity contribution in [3.05, 3.63) is 33.4 Å². The van der Waals surface area contributed by atoms with Gasteiger partial charge in [-0.1, -0.05) is 26.0 Å². The van der Waals surface area contributed by atoms with E-state index in [-0.39, 0.29) is 18.2 Å². The van der Waals surface area contributed by atoms with Crippen molar-refractivity contribution in [1.82, 2.24) is 5.32 Å². The van der Waals surface area contributed by atoms with Crippen molar-refractivity contribution in [2.45, 2.75) is 26.3 Å². The molecule has 18 heavy (non-hydrogen) atoms. The normalized spacial score (nSPS) is 12.2. The van der Waals surface area contributed by atoms with Crippen molar-refractivity contribution < 1.29 is 14.7 Å². The number of hydrogen-bond donors (Lipinski definition) is 2. The Bertz CT molecular complexity index is 428. The lowest BCUT2D eigenvalue weighted by Gasteiger charge is -2.17. The van der Waals surface area contributed by atoms with Gasteiger partial charge in [0.1, 0.15) is 6.04 Å². The van der Waals surface area contributed by atoms with Gasteiger partial charge < -0.3 is 10.4 Å². The van der Waals surface area contributed by atoms with Crippen molar-refractivity contribution in [3.63, 3.8) is 0 Å². The highest BCUT2D eigenvalue weighted by Crippen LogP contribution is 2.08. The number of nitrogens with one attached hydrogen (secondary N) is 1. The fourth-order valence-electron chi connectivity index (χ4n) is 1.53. The third-order valence-electron chi connectivity index (χ3n) is 2.53. The molecule has 0 aromatic heterocycles. The van der Waals surface area contributed by atoms with E-state index in [1.165, 1.54) is 0 Å². The van der Waals surface area contributed by atoms with Crippen molar-refractivity contribution in [3.8, 4) is 0 Å². The molecule has 0 radical (unpaired) electrons. The van der Waals surface area contributed by atoms with Gasteiger partial charge in [-0.05, 0) is 46.2 Å². The molecule has 0 aliphatic heterocycles. The van der Waals surface area contributed by atoms with E-state index in [4.69, 9.17) is 5.11 Å². The van der Waals surface area contributed by atoms with E-state index in [0.29, 0.717) is 0 Å². The zero-order valence-corrected chi connectivity index (χ0v) is 12.5. The summed E-state index contributed by atoms with van der Waals surface area (Å²) in [5.41, 5.74) is 0.876. The maximum Gasteiger partial charge on any atom is 0.326 e. The summed E-state index contributed by atoms with van der Waals surface area (Å²) in [6.07, 6.45) is 0.202. The molecule has 0 saturated carbocycles. The SMILES string of the molecule is CC(C)[C@H](NC(=O)Cc1ccc(I)cc1)C(=O)O. The highest BCUT2D eigenvalue weighted by molar-refractivity contribution is 14.1. The quantitative estimate of drug-likeness (QED) is 0.789. The molecule has 1 rings (SSSR count). The monoisotopic (exact) mass is 361 g/mol. The smallest absolute Gasteiger partial charge is 0.326 e. The Labute approximate surface area is 120 Å². The summed E-state index contributed by atoms with van der Waals surface area (Å²) in [4.78, 5) is 22.7. The van der Waals surface area contributed by atoms with Crippen LogP contribution in [0, 0.1) is 9.49 Å². The Kier molecular flexibility index (Phi) is 5.58. The van der Waals surface area contributed by atoms with Gasteiger partial charge in [0.15, 0.2) is 0 Å². The standard InChI is InChI=1S/C13H16INO3/c1-8(2)12(13(17)18)15-11(16)7-9-3-5-10(14)6-4-9/h3-6,8,12H,7H2,1-2H3,(H,15,16)(H,17,18)/t12-/m0/s1. The first-order valence-electron chi connectivity index (χ1n) is 5.66. The van der Waals surface area contributed by atoms with Gasteiger partial charge in [-0.3, -0.25) is 4.79 Å². The Morgan fingerprint density at radius 1 is 1.28 bits per heavy atom. The number of carboxylic acid groups (broad SMARTS) is 1. The summed E-state index contributed by atoms with van der Waals surface area (Å²) < 4.78 is 1.10. The minimum absolute atomic E-state index is 0.136. The predicted octanol–water partition coefficient (Wildman–Crippen LogP) is 2.06. The molecular weight excluding hydrogens is 345 g/mol. The zero-order chi connectivity index (χ0) is 13.7. The van der Waals surface area contributed by atoms with Crippen LogP contribution in [0.2, 0.25) is 0 Å². The first-order valence-corrected chi connectivity index (χ1v) is 6.74. The fraction of sp³-hybridized carbons (Fsp3) is 0.385. The second-order valence-corrected chi connectivity index (χ2v) is 5.68. The minimum atomic E-state index is -0.999. The maximum absolute atomic E-state index is 11.7. The van der Waals surface area contributed by atoms with Gasteiger partial charge in [0, 0.05) is 3.57 Å². The molecule has 0 spiro atoms. The number of carboxylic acids is 1. The topological polar surface area (TPSA) is 66.4 Å². The highest BCUT2D eigenvalue weighted by Gasteiger charge is 2.23. The van der Waals surface area contributed by atoms with Gasteiger partial charge in [-0.15, -0.1) is 0 Å². The molecule has 0 saturated heterocycles. The maximum atomic E-state index is 11.7. The number of amides is 1. The molecule has 1 atom stereocenters. The summed E-state index contributed by atoms with van der Waals surface area (Å²) in [6.45, 7) is 3.54. The molecule has 0 fully saturated rings. The van der Waals surface area contributed by atoms with E-state index in [2.05, 4.69) is 27.9 Å². The average Bonchev–Trinajstić information content (AvgIpc) is 2.28. The van der Waals surface area contributed by atoms with Crippen LogP contribution in [0.4, 0.5) is 0 Å². The van der Waals surface area contributed by atoms with E-state index in [9.17, 15) is 9.59 Å². The van der Waals surface area contributed by atoms with E-state index < -0.39 is 12.0 Å². The Balaban J connectivity index is 2.60. The molecule has 0 heterocycles. The molecule has 0 bridgehead atoms. The van der Waals surface area contributed by atoms with Crippen molar-refractivity contribution in [2.24, 2.45) is 5.92 Å². The van der Waals surface area contributed by atoms with Gasteiger partial charge in [0.2, 0.25) is 5.91 Å². The Hall–Kier alpha value is -1.11. The average molecular weight is 361 g/mol. The lowest BCUT2D eigenvalue weighted by atomic mass is 10.0. The van der Waals surface area contributed by atoms with Gasteiger partial charge in [-0.25, -0.2) is 4.79 Å². The Morgan fingerprint density at radius 3 is 2.28 bits per heavy atom. The van der Waals surface area contributed by atoms with Gasteiger partial charge >= 0.3 is 5.97 Å². The van der Waals surface area contributed by atoms with Crippen molar-refractivity contribution in [2.75, 3.05) is 0 Å². The Morgan fingerprint density at radius 2 is 1.83 bits per heavy atom. The summed E-state index contributed by atoms with van der Waals surface area (Å²) in [7, 11) is 0. The number of carbonyl (C=O) groups is 2. The largest absolute Gasteiger partial charge is 0.480 e. The van der Waals surface area contributed by atoms with Gasteiger partial charge in [0.25, 0.3) is 0 Å². The van der Waals surface area contributed by atoms with E-state index in [1.807, 2.05) is 24.3 Å². The van der Waals surface area contributed by atoms with E-state index in [1.54, 1.807) is 13.8 Å². The summed E-state index contributed by atoms with van der Waals surface area (Å²) >= 11 is 2.19. The minimum Gasteiger partial charge on any atom is -0.480 e. The van der Waals surface area contributed by atoms with Gasteiger partial charge in [-0.2, -0.15) is 0 Å². The van der Waals surface area contributed by atoms with Crippen LogP contribution in [0.5, 0.6) is 0 Å². The van der Waals surface area contributed by atoms with Crippen molar-refractivity contribution in [1.29, 1.82) is 0 Å². The molecule has 0 aliphatic rings. The van der Waals surface area contributed by atoms with Crippen LogP contribution in [0.15, 0.2) is 24.3 Å². The molecule has 5 heteroatoms. The van der Waals surface area contributed by atoms with Crippen molar-refractivity contribution >= 4 is 34.5 Å². The molecule has 4 nitrogen and oxygen atoms in total. The zero-order valence-electron chi connectivity index (χ0n) is 10.3. The lowest BCUT2D eigenvalue weighted by molar-refractivity contribution is -0.143. The number of carbonyl (C=O) groups excluding carboxylic acids is 1. The predicted molar refractivity (Wildman–Crippen MR) is 77.3 cm³/mol. The second kappa shape index (κ2) is 6.72. The number of rotatable bonds is 5. The highest BCUT2D eigenvalue weighted by atomic mass is 127. The first-order chi connectivity index (χ1) is 8.40. The molecule has 1 amide bonds. The molecular formula is C13H16INO3. The molecule has 2 N–H and O–H groups in total. The molecule has 0 unspecified atom stereocenters. The molecule has 98 valence electrons. The van der Waals surface area contributed by atoms with Crippen LogP contribution in [0.25, 0.3) is 0 Å². The van der Waals surface area contributed by atoms with Crippen LogP contribution in [0.3, 0.4) is 0 Å². The van der Waals surface area contributed by atoms with Crippen LogP contribution < -0.4 is 5.32 Å². The first kappa shape index (κ1) is 14.9. The molecule has 1 aromatic rings. The third kappa shape index (κ3) is 4.64. The summed E-state index contributed by atoms with van der Waals surface area (Å²) in [6, 6.07) is 6.74. The summed E-state index contributed by atoms with van der Waals surface area (Å²) in [5, 5.41) is 11.5. The van der Waals surface area contributed by atoms with Crippen LogP contribution >= 0.6 is 22.6 Å². The second-order valence-electron chi connectivity index (χ2n) is 4.43. The van der Waals surface area contributed by atoms with Gasteiger partial charge in [0.05, 0.1) is 6.42 Å².